The van der Waals surface area contributed by atoms with E-state index in [1.807, 2.05) is 0 Å². The highest BCUT2D eigenvalue weighted by Gasteiger charge is 2.24. The van der Waals surface area contributed by atoms with Crippen molar-refractivity contribution in [3.63, 3.8) is 0 Å². The zero-order valence-electron chi connectivity index (χ0n) is 17.6. The summed E-state index contributed by atoms with van der Waals surface area (Å²) in [4.78, 5) is 35.9. The number of carbonyl (C=O) groups is 1. The molecule has 2 aliphatic rings. The topological polar surface area (TPSA) is 67.2 Å². The van der Waals surface area contributed by atoms with Gasteiger partial charge in [0.1, 0.15) is 17.2 Å². The first-order valence-electron chi connectivity index (χ1n) is 11.0. The summed E-state index contributed by atoms with van der Waals surface area (Å²) in [5.41, 5.74) is 1.49. The first-order valence-corrected chi connectivity index (χ1v) is 12.6. The maximum atomic E-state index is 13.6. The number of aromatic nitrogens is 2. The number of likely N-dealkylation sites (tertiary alicyclic amines) is 1. The molecule has 1 aliphatic carbocycles. The van der Waals surface area contributed by atoms with Crippen molar-refractivity contribution in [3.05, 3.63) is 54.9 Å². The lowest BCUT2D eigenvalue weighted by Gasteiger charge is -2.18. The van der Waals surface area contributed by atoms with Crippen LogP contribution in [-0.4, -0.2) is 33.4 Å². The predicted octanol–water partition coefficient (Wildman–Crippen LogP) is 4.88. The molecule has 0 unspecified atom stereocenters. The normalized spacial score (nSPS) is 16.4. The summed E-state index contributed by atoms with van der Waals surface area (Å²) in [6.07, 6.45) is 6.45. The maximum absolute atomic E-state index is 13.6. The number of amides is 1. The highest BCUT2D eigenvalue weighted by molar-refractivity contribution is 7.18. The van der Waals surface area contributed by atoms with E-state index in [4.69, 9.17) is 28.2 Å². The van der Waals surface area contributed by atoms with Gasteiger partial charge in [0.15, 0.2) is 0 Å². The Morgan fingerprint density at radius 1 is 1.12 bits per heavy atom. The number of hydrogen-bond acceptors (Lipinski definition) is 5. The Balaban J connectivity index is 1.52. The van der Waals surface area contributed by atoms with Gasteiger partial charge in [-0.15, -0.1) is 11.3 Å². The van der Waals surface area contributed by atoms with Gasteiger partial charge in [0.05, 0.1) is 22.6 Å². The van der Waals surface area contributed by atoms with Gasteiger partial charge < -0.3 is 5.32 Å². The van der Waals surface area contributed by atoms with Crippen molar-refractivity contribution in [2.75, 3.05) is 18.4 Å². The lowest BCUT2D eigenvalue weighted by atomic mass is 9.97. The molecule has 0 radical (unpaired) electrons. The van der Waals surface area contributed by atoms with Crippen LogP contribution in [0.15, 0.2) is 23.0 Å². The number of hydrogen-bond donors (Lipinski definition) is 1. The SMILES string of the molecule is O=C(Cn1c(CN2CCCC2)nc2sc3c(c2c1=O)CCCC3)Nc1ccc(Cl)cc1Cl. The van der Waals surface area contributed by atoms with Crippen molar-refractivity contribution in [1.29, 1.82) is 0 Å². The molecule has 32 heavy (non-hydrogen) atoms. The van der Waals surface area contributed by atoms with Gasteiger partial charge in [0.2, 0.25) is 5.91 Å². The molecular formula is C23H24Cl2N4O2S. The average molecular weight is 491 g/mol. The number of rotatable bonds is 5. The summed E-state index contributed by atoms with van der Waals surface area (Å²) < 4.78 is 1.56. The first-order chi connectivity index (χ1) is 15.5. The van der Waals surface area contributed by atoms with Gasteiger partial charge >= 0.3 is 0 Å². The van der Waals surface area contributed by atoms with E-state index in [9.17, 15) is 9.59 Å². The third-order valence-electron chi connectivity index (χ3n) is 6.22. The predicted molar refractivity (Wildman–Crippen MR) is 130 cm³/mol. The van der Waals surface area contributed by atoms with E-state index in [-0.39, 0.29) is 18.0 Å². The monoisotopic (exact) mass is 490 g/mol. The van der Waals surface area contributed by atoms with Crippen LogP contribution >= 0.6 is 34.5 Å². The molecule has 0 atom stereocenters. The fraction of sp³-hybridized carbons (Fsp3) is 0.435. The van der Waals surface area contributed by atoms with E-state index in [2.05, 4.69) is 10.2 Å². The first kappa shape index (κ1) is 21.9. The average Bonchev–Trinajstić information content (AvgIpc) is 3.40. The second-order valence-electron chi connectivity index (χ2n) is 8.47. The van der Waals surface area contributed by atoms with Crippen molar-refractivity contribution in [2.24, 2.45) is 0 Å². The van der Waals surface area contributed by atoms with E-state index in [0.717, 1.165) is 62.0 Å². The molecule has 3 aromatic rings. The number of fused-ring (bicyclic) bond motifs is 3. The van der Waals surface area contributed by atoms with Crippen molar-refractivity contribution in [2.45, 2.75) is 51.6 Å². The molecule has 1 aliphatic heterocycles. The highest BCUT2D eigenvalue weighted by atomic mass is 35.5. The van der Waals surface area contributed by atoms with Gasteiger partial charge in [-0.3, -0.25) is 19.1 Å². The Kier molecular flexibility index (Phi) is 6.25. The molecule has 0 spiro atoms. The summed E-state index contributed by atoms with van der Waals surface area (Å²) in [6, 6.07) is 4.90. The molecule has 1 aromatic carbocycles. The second kappa shape index (κ2) is 9.14. The number of thiophene rings is 1. The number of halogens is 2. The standard InChI is InChI=1S/C23H24Cl2N4O2S/c24-14-7-8-17(16(25)11-14)26-20(30)13-29-19(12-28-9-3-4-10-28)27-22-21(23(29)31)15-5-1-2-6-18(15)32-22/h7-8,11H,1-6,9-10,12-13H2,(H,26,30). The molecule has 3 heterocycles. The van der Waals surface area contributed by atoms with Crippen LogP contribution in [0.3, 0.4) is 0 Å². The zero-order chi connectivity index (χ0) is 22.2. The number of carbonyl (C=O) groups excluding carboxylic acids is 1. The number of anilines is 1. The van der Waals surface area contributed by atoms with Gasteiger partial charge in [0.25, 0.3) is 5.56 Å². The fourth-order valence-electron chi connectivity index (χ4n) is 4.63. The quantitative estimate of drug-likeness (QED) is 0.553. The number of nitrogens with zero attached hydrogens (tertiary/aromatic N) is 3. The van der Waals surface area contributed by atoms with E-state index >= 15 is 0 Å². The van der Waals surface area contributed by atoms with Crippen LogP contribution in [0, 0.1) is 0 Å². The summed E-state index contributed by atoms with van der Waals surface area (Å²) in [6.45, 7) is 2.44. The van der Waals surface area contributed by atoms with Gasteiger partial charge in [-0.05, 0) is 75.4 Å². The van der Waals surface area contributed by atoms with Gasteiger partial charge in [-0.1, -0.05) is 23.2 Å². The van der Waals surface area contributed by atoms with E-state index in [1.54, 1.807) is 34.1 Å². The van der Waals surface area contributed by atoms with Crippen LogP contribution in [0.25, 0.3) is 10.2 Å². The summed E-state index contributed by atoms with van der Waals surface area (Å²) in [5.74, 6) is 0.338. The Labute approximate surface area is 200 Å². The smallest absolute Gasteiger partial charge is 0.263 e. The van der Waals surface area contributed by atoms with Crippen LogP contribution in [0.5, 0.6) is 0 Å². The van der Waals surface area contributed by atoms with Gasteiger partial charge in [-0.2, -0.15) is 0 Å². The van der Waals surface area contributed by atoms with E-state index < -0.39 is 0 Å². The van der Waals surface area contributed by atoms with Crippen LogP contribution in [-0.2, 0) is 30.7 Å². The van der Waals surface area contributed by atoms with Crippen LogP contribution in [0.4, 0.5) is 5.69 Å². The largest absolute Gasteiger partial charge is 0.323 e. The molecule has 0 bridgehead atoms. The Morgan fingerprint density at radius 3 is 2.69 bits per heavy atom. The summed E-state index contributed by atoms with van der Waals surface area (Å²) in [5, 5.41) is 4.36. The van der Waals surface area contributed by atoms with Crippen LogP contribution in [0.2, 0.25) is 10.0 Å². The molecular weight excluding hydrogens is 467 g/mol. The summed E-state index contributed by atoms with van der Waals surface area (Å²) >= 11 is 13.8. The minimum atomic E-state index is -0.316. The zero-order valence-corrected chi connectivity index (χ0v) is 20.0. The Morgan fingerprint density at radius 2 is 1.91 bits per heavy atom. The molecule has 5 rings (SSSR count). The van der Waals surface area contributed by atoms with Crippen molar-refractivity contribution in [3.8, 4) is 0 Å². The fourth-order valence-corrected chi connectivity index (χ4v) is 6.36. The lowest BCUT2D eigenvalue weighted by Crippen LogP contribution is -2.34. The molecule has 168 valence electrons. The molecule has 1 amide bonds. The number of benzene rings is 1. The van der Waals surface area contributed by atoms with Gasteiger partial charge in [-0.25, -0.2) is 4.98 Å². The minimum Gasteiger partial charge on any atom is -0.323 e. The minimum absolute atomic E-state index is 0.103. The maximum Gasteiger partial charge on any atom is 0.263 e. The summed E-state index contributed by atoms with van der Waals surface area (Å²) in [7, 11) is 0. The molecule has 0 saturated carbocycles. The van der Waals surface area contributed by atoms with Crippen LogP contribution in [0.1, 0.15) is 41.9 Å². The van der Waals surface area contributed by atoms with Gasteiger partial charge in [0, 0.05) is 9.90 Å². The lowest BCUT2D eigenvalue weighted by molar-refractivity contribution is -0.116. The molecule has 1 fully saturated rings. The molecule has 6 nitrogen and oxygen atoms in total. The Hall–Kier alpha value is -1.93. The third-order valence-corrected chi connectivity index (χ3v) is 7.96. The van der Waals surface area contributed by atoms with E-state index in [0.29, 0.717) is 33.5 Å². The van der Waals surface area contributed by atoms with Crippen molar-refractivity contribution >= 4 is 56.3 Å². The third kappa shape index (κ3) is 4.31. The highest BCUT2D eigenvalue weighted by Crippen LogP contribution is 2.34. The molecule has 1 saturated heterocycles. The molecule has 1 N–H and O–H groups in total. The Bertz CT molecular complexity index is 1250. The van der Waals surface area contributed by atoms with Crippen molar-refractivity contribution < 1.29 is 4.79 Å². The van der Waals surface area contributed by atoms with Crippen molar-refractivity contribution in [1.82, 2.24) is 14.5 Å². The van der Waals surface area contributed by atoms with Crippen LogP contribution < -0.4 is 10.9 Å². The van der Waals surface area contributed by atoms with E-state index in [1.165, 1.54) is 4.88 Å². The molecule has 9 heteroatoms. The number of aryl methyl sites for hydroxylation is 2. The number of nitrogens with one attached hydrogen (secondary N) is 1. The second-order valence-corrected chi connectivity index (χ2v) is 10.4. The molecule has 2 aromatic heterocycles.